The van der Waals surface area contributed by atoms with E-state index in [0.29, 0.717) is 11.1 Å². The van der Waals surface area contributed by atoms with Crippen molar-refractivity contribution in [1.82, 2.24) is 0 Å². The van der Waals surface area contributed by atoms with Crippen LogP contribution in [-0.4, -0.2) is 0 Å². The van der Waals surface area contributed by atoms with E-state index in [4.69, 9.17) is 5.26 Å². The minimum absolute atomic E-state index is 0. The maximum atomic E-state index is 13.1. The molecule has 1 saturated carbocycles. The Bertz CT molecular complexity index is 352. The fourth-order valence-corrected chi connectivity index (χ4v) is 1.22. The SMILES string of the molecule is N#Cc1ccc(F)c([C@@H]2[CH-]C2)c1.[K+]. The summed E-state index contributed by atoms with van der Waals surface area (Å²) in [5.41, 5.74) is 1.20. The third kappa shape index (κ3) is 2.61. The van der Waals surface area contributed by atoms with Crippen LogP contribution in [0.5, 0.6) is 0 Å². The molecule has 1 fully saturated rings. The molecule has 0 aromatic heterocycles. The van der Waals surface area contributed by atoms with Crippen LogP contribution in [0.1, 0.15) is 23.5 Å². The van der Waals surface area contributed by atoms with Crippen LogP contribution in [0.4, 0.5) is 4.39 Å². The number of hydrogen-bond acceptors (Lipinski definition) is 1. The van der Waals surface area contributed by atoms with Gasteiger partial charge in [-0.25, -0.2) is 4.39 Å². The molecular formula is C10H7FKN. The van der Waals surface area contributed by atoms with Gasteiger partial charge < -0.3 is 6.42 Å². The van der Waals surface area contributed by atoms with E-state index in [1.807, 2.05) is 12.5 Å². The van der Waals surface area contributed by atoms with E-state index in [1.54, 1.807) is 6.07 Å². The van der Waals surface area contributed by atoms with Crippen LogP contribution in [0.2, 0.25) is 0 Å². The molecule has 0 N–H and O–H groups in total. The molecule has 1 atom stereocenters. The van der Waals surface area contributed by atoms with Gasteiger partial charge in [-0.3, -0.25) is 0 Å². The summed E-state index contributed by atoms with van der Waals surface area (Å²) < 4.78 is 13.1. The van der Waals surface area contributed by atoms with Crippen molar-refractivity contribution >= 4 is 0 Å². The average Bonchev–Trinajstić information content (AvgIpc) is 2.88. The van der Waals surface area contributed by atoms with Gasteiger partial charge in [0, 0.05) is 0 Å². The molecule has 60 valence electrons. The van der Waals surface area contributed by atoms with Gasteiger partial charge in [0.25, 0.3) is 0 Å². The quantitative estimate of drug-likeness (QED) is 0.437. The normalized spacial score (nSPS) is 18.6. The number of halogens is 1. The van der Waals surface area contributed by atoms with Gasteiger partial charge in [-0.1, -0.05) is 0 Å². The molecule has 1 aliphatic rings. The maximum absolute atomic E-state index is 13.1. The van der Waals surface area contributed by atoms with Gasteiger partial charge in [0.15, 0.2) is 0 Å². The summed E-state index contributed by atoms with van der Waals surface area (Å²) in [6, 6.07) is 6.49. The molecular weight excluding hydrogens is 192 g/mol. The Hall–Kier alpha value is 0.276. The maximum Gasteiger partial charge on any atom is 1.00 e. The van der Waals surface area contributed by atoms with E-state index in [-0.39, 0.29) is 63.1 Å². The van der Waals surface area contributed by atoms with Crippen LogP contribution in [-0.2, 0) is 0 Å². The minimum atomic E-state index is -0.201. The minimum Gasteiger partial charge on any atom is -0.325 e. The van der Waals surface area contributed by atoms with Gasteiger partial charge >= 0.3 is 51.4 Å². The molecule has 2 rings (SSSR count). The van der Waals surface area contributed by atoms with E-state index in [0.717, 1.165) is 6.42 Å². The second-order valence-corrected chi connectivity index (χ2v) is 2.93. The van der Waals surface area contributed by atoms with E-state index in [9.17, 15) is 4.39 Å². The summed E-state index contributed by atoms with van der Waals surface area (Å²) in [5.74, 6) is 0.0473. The summed E-state index contributed by atoms with van der Waals surface area (Å²) in [6.07, 6.45) is 2.96. The van der Waals surface area contributed by atoms with Gasteiger partial charge in [-0.05, 0) is 23.8 Å². The molecule has 1 aliphatic carbocycles. The van der Waals surface area contributed by atoms with Crippen molar-refractivity contribution in [2.45, 2.75) is 12.3 Å². The molecule has 1 aromatic rings. The predicted molar refractivity (Wildman–Crippen MR) is 42.8 cm³/mol. The Kier molecular flexibility index (Phi) is 4.08. The van der Waals surface area contributed by atoms with Crippen LogP contribution >= 0.6 is 0 Å². The van der Waals surface area contributed by atoms with Crippen molar-refractivity contribution < 1.29 is 55.8 Å². The van der Waals surface area contributed by atoms with Crippen molar-refractivity contribution in [3.63, 3.8) is 0 Å². The fourth-order valence-electron chi connectivity index (χ4n) is 1.22. The molecule has 0 aliphatic heterocycles. The Morgan fingerprint density at radius 1 is 1.54 bits per heavy atom. The van der Waals surface area contributed by atoms with E-state index >= 15 is 0 Å². The topological polar surface area (TPSA) is 23.8 Å². The second-order valence-electron chi connectivity index (χ2n) is 2.93. The number of benzene rings is 1. The van der Waals surface area contributed by atoms with Crippen molar-refractivity contribution in [3.8, 4) is 6.07 Å². The Labute approximate surface area is 119 Å². The third-order valence-electron chi connectivity index (χ3n) is 2.00. The first-order chi connectivity index (χ1) is 5.81. The molecule has 1 aromatic carbocycles. The van der Waals surface area contributed by atoms with E-state index in [2.05, 4.69) is 0 Å². The number of nitrogens with zero attached hydrogens (tertiary/aromatic N) is 1. The molecule has 1 nitrogen and oxygen atoms in total. The number of hydrogen-bond donors (Lipinski definition) is 0. The van der Waals surface area contributed by atoms with Crippen LogP contribution in [0, 0.1) is 23.6 Å². The molecule has 0 amide bonds. The van der Waals surface area contributed by atoms with Gasteiger partial charge in [0.1, 0.15) is 5.82 Å². The largest absolute Gasteiger partial charge is 1.00 e. The van der Waals surface area contributed by atoms with Gasteiger partial charge in [-0.2, -0.15) is 17.6 Å². The first-order valence-corrected chi connectivity index (χ1v) is 3.84. The Balaban J connectivity index is 0.000000845. The zero-order chi connectivity index (χ0) is 8.55. The van der Waals surface area contributed by atoms with E-state index in [1.165, 1.54) is 12.1 Å². The summed E-state index contributed by atoms with van der Waals surface area (Å²) in [6.45, 7) is 0. The molecule has 0 spiro atoms. The first kappa shape index (κ1) is 11.4. The van der Waals surface area contributed by atoms with Gasteiger partial charge in [-0.15, -0.1) is 0 Å². The zero-order valence-electron chi connectivity index (χ0n) is 7.42. The van der Waals surface area contributed by atoms with Crippen molar-refractivity contribution in [3.05, 3.63) is 41.6 Å². The smallest absolute Gasteiger partial charge is 0.325 e. The first-order valence-electron chi connectivity index (χ1n) is 3.84. The summed E-state index contributed by atoms with van der Waals surface area (Å²) in [4.78, 5) is 0. The van der Waals surface area contributed by atoms with Gasteiger partial charge in [0.2, 0.25) is 0 Å². The van der Waals surface area contributed by atoms with Crippen molar-refractivity contribution in [1.29, 1.82) is 5.26 Å². The van der Waals surface area contributed by atoms with E-state index < -0.39 is 0 Å². The third-order valence-corrected chi connectivity index (χ3v) is 2.00. The molecule has 3 heteroatoms. The summed E-state index contributed by atoms with van der Waals surface area (Å²) >= 11 is 0. The number of nitriles is 1. The molecule has 0 radical (unpaired) electrons. The average molecular weight is 199 g/mol. The molecule has 13 heavy (non-hydrogen) atoms. The van der Waals surface area contributed by atoms with Gasteiger partial charge in [0.05, 0.1) is 11.6 Å². The van der Waals surface area contributed by atoms with Crippen LogP contribution in [0.3, 0.4) is 0 Å². The molecule has 0 bridgehead atoms. The molecule has 0 saturated heterocycles. The number of rotatable bonds is 1. The molecule has 0 unspecified atom stereocenters. The standard InChI is InChI=1S/C10H7FN.K/c11-10-4-1-7(6-12)5-9(10)8-2-3-8;/h1-2,4-5,8H,3H2;/q-1;+1/t8-;/m1./s1. The second kappa shape index (κ2) is 4.67. The Morgan fingerprint density at radius 2 is 2.23 bits per heavy atom. The molecule has 0 heterocycles. The van der Waals surface area contributed by atoms with Crippen molar-refractivity contribution in [2.24, 2.45) is 0 Å². The zero-order valence-corrected chi connectivity index (χ0v) is 10.5. The van der Waals surface area contributed by atoms with Crippen LogP contribution in [0.25, 0.3) is 0 Å². The predicted octanol–water partition coefficient (Wildman–Crippen LogP) is -0.607. The fraction of sp³-hybridized carbons (Fsp3) is 0.200. The summed E-state index contributed by atoms with van der Waals surface area (Å²) in [7, 11) is 0. The van der Waals surface area contributed by atoms with Crippen LogP contribution in [0.15, 0.2) is 18.2 Å². The Morgan fingerprint density at radius 3 is 2.77 bits per heavy atom. The summed E-state index contributed by atoms with van der Waals surface area (Å²) in [5, 5.41) is 8.57. The van der Waals surface area contributed by atoms with Crippen molar-refractivity contribution in [2.75, 3.05) is 0 Å². The van der Waals surface area contributed by atoms with Crippen LogP contribution < -0.4 is 51.4 Å². The monoisotopic (exact) mass is 199 g/mol.